The van der Waals surface area contributed by atoms with Crippen LogP contribution in [-0.4, -0.2) is 10.8 Å². The molecule has 2 aromatic carbocycles. The number of carbonyl (C=O) groups is 1. The van der Waals surface area contributed by atoms with Crippen molar-refractivity contribution in [2.24, 2.45) is 0 Å². The Kier molecular flexibility index (Phi) is 4.51. The lowest BCUT2D eigenvalue weighted by Gasteiger charge is -2.13. The number of fused-ring (bicyclic) bond motifs is 3. The second-order valence-electron chi connectivity index (χ2n) is 6.63. The van der Waals surface area contributed by atoms with Crippen molar-refractivity contribution in [1.29, 1.82) is 5.26 Å². The molecule has 0 atom stereocenters. The molecule has 0 saturated heterocycles. The van der Waals surface area contributed by atoms with Gasteiger partial charge in [-0.1, -0.05) is 60.7 Å². The van der Waals surface area contributed by atoms with Crippen LogP contribution >= 0.6 is 23.1 Å². The van der Waals surface area contributed by atoms with Crippen LogP contribution in [-0.2, 0) is 5.75 Å². The molecular weight excluding hydrogens is 396 g/mol. The van der Waals surface area contributed by atoms with Gasteiger partial charge in [0.05, 0.1) is 5.56 Å². The third kappa shape index (κ3) is 2.98. The molecule has 4 aromatic rings. The Labute approximate surface area is 176 Å². The SMILES string of the molecule is N#Cc1c(SCc2ccccc2)nc2c(c1-c1cccs1)-c1ccccc1C2=O. The van der Waals surface area contributed by atoms with E-state index >= 15 is 0 Å². The molecule has 2 aromatic heterocycles. The second kappa shape index (κ2) is 7.32. The number of hydrogen-bond donors (Lipinski definition) is 0. The maximum absolute atomic E-state index is 13.1. The number of ketones is 1. The first kappa shape index (κ1) is 17.9. The summed E-state index contributed by atoms with van der Waals surface area (Å²) in [5, 5.41) is 12.7. The molecule has 0 fully saturated rings. The standard InChI is InChI=1S/C24H14N2OS2/c25-13-18-20(19-11-6-12-28-19)21-16-9-4-5-10-17(16)23(27)22(21)26-24(18)29-14-15-7-2-1-3-8-15/h1-12H,14H2. The molecule has 0 saturated carbocycles. The average Bonchev–Trinajstić information content (AvgIpc) is 3.40. The molecular formula is C24H14N2OS2. The highest BCUT2D eigenvalue weighted by Crippen LogP contribution is 2.47. The van der Waals surface area contributed by atoms with Crippen LogP contribution in [0.25, 0.3) is 21.6 Å². The van der Waals surface area contributed by atoms with E-state index in [2.05, 4.69) is 6.07 Å². The minimum absolute atomic E-state index is 0.0699. The Hall–Kier alpha value is -3.20. The molecule has 2 heterocycles. The minimum Gasteiger partial charge on any atom is -0.287 e. The van der Waals surface area contributed by atoms with E-state index in [4.69, 9.17) is 4.98 Å². The summed E-state index contributed by atoms with van der Waals surface area (Å²) in [5.74, 6) is 0.617. The van der Waals surface area contributed by atoms with Gasteiger partial charge in [0.15, 0.2) is 0 Å². The van der Waals surface area contributed by atoms with Gasteiger partial charge in [-0.3, -0.25) is 4.79 Å². The van der Waals surface area contributed by atoms with Crippen molar-refractivity contribution in [2.75, 3.05) is 0 Å². The monoisotopic (exact) mass is 410 g/mol. The van der Waals surface area contributed by atoms with Crippen LogP contribution in [0.1, 0.15) is 27.2 Å². The van der Waals surface area contributed by atoms with E-state index in [1.165, 1.54) is 11.8 Å². The fraction of sp³-hybridized carbons (Fsp3) is 0.0417. The molecule has 1 aliphatic carbocycles. The summed E-state index contributed by atoms with van der Waals surface area (Å²) in [6.07, 6.45) is 0. The zero-order valence-corrected chi connectivity index (χ0v) is 16.9. The molecule has 138 valence electrons. The van der Waals surface area contributed by atoms with Crippen LogP contribution in [0, 0.1) is 11.3 Å². The molecule has 3 nitrogen and oxygen atoms in total. The van der Waals surface area contributed by atoms with Gasteiger partial charge >= 0.3 is 0 Å². The van der Waals surface area contributed by atoms with Crippen LogP contribution in [0.4, 0.5) is 0 Å². The molecule has 0 aliphatic heterocycles. The van der Waals surface area contributed by atoms with Crippen LogP contribution in [0.2, 0.25) is 0 Å². The van der Waals surface area contributed by atoms with Crippen LogP contribution in [0.3, 0.4) is 0 Å². The van der Waals surface area contributed by atoms with Crippen LogP contribution < -0.4 is 0 Å². The van der Waals surface area contributed by atoms with Crippen molar-refractivity contribution in [3.8, 4) is 27.6 Å². The number of pyridine rings is 1. The summed E-state index contributed by atoms with van der Waals surface area (Å²) >= 11 is 3.07. The number of nitriles is 1. The Balaban J connectivity index is 1.72. The zero-order chi connectivity index (χ0) is 19.8. The van der Waals surface area contributed by atoms with Crippen molar-refractivity contribution >= 4 is 28.9 Å². The minimum atomic E-state index is -0.0699. The fourth-order valence-corrected chi connectivity index (χ4v) is 5.34. The van der Waals surface area contributed by atoms with Gasteiger partial charge in [0.2, 0.25) is 5.78 Å². The maximum atomic E-state index is 13.1. The normalized spacial score (nSPS) is 11.8. The van der Waals surface area contributed by atoms with E-state index in [0.717, 1.165) is 27.1 Å². The number of thioether (sulfide) groups is 1. The van der Waals surface area contributed by atoms with Crippen molar-refractivity contribution in [3.63, 3.8) is 0 Å². The number of carbonyl (C=O) groups excluding carboxylic acids is 1. The Morgan fingerprint density at radius 3 is 2.41 bits per heavy atom. The number of hydrogen-bond acceptors (Lipinski definition) is 5. The molecule has 1 aliphatic rings. The number of thiophene rings is 1. The largest absolute Gasteiger partial charge is 0.287 e. The lowest BCUT2D eigenvalue weighted by Crippen LogP contribution is -2.03. The average molecular weight is 411 g/mol. The third-order valence-electron chi connectivity index (χ3n) is 4.92. The molecule has 29 heavy (non-hydrogen) atoms. The van der Waals surface area contributed by atoms with Gasteiger partial charge in [-0.05, 0) is 22.6 Å². The van der Waals surface area contributed by atoms with Gasteiger partial charge in [0, 0.05) is 27.3 Å². The molecule has 0 N–H and O–H groups in total. The van der Waals surface area contributed by atoms with Gasteiger partial charge in [-0.2, -0.15) is 5.26 Å². The Morgan fingerprint density at radius 2 is 1.69 bits per heavy atom. The quantitative estimate of drug-likeness (QED) is 0.332. The van der Waals surface area contributed by atoms with Crippen molar-refractivity contribution in [3.05, 3.63) is 94.5 Å². The summed E-state index contributed by atoms with van der Waals surface area (Å²) in [6.45, 7) is 0. The molecule has 0 spiro atoms. The van der Waals surface area contributed by atoms with Gasteiger partial charge in [0.25, 0.3) is 0 Å². The van der Waals surface area contributed by atoms with E-state index in [9.17, 15) is 10.1 Å². The van der Waals surface area contributed by atoms with Crippen molar-refractivity contribution < 1.29 is 4.79 Å². The lowest BCUT2D eigenvalue weighted by molar-refractivity contribution is 0.103. The van der Waals surface area contributed by atoms with Gasteiger partial charge in [0.1, 0.15) is 16.8 Å². The second-order valence-corrected chi connectivity index (χ2v) is 8.54. The topological polar surface area (TPSA) is 53.8 Å². The van der Waals surface area contributed by atoms with Gasteiger partial charge in [-0.15, -0.1) is 23.1 Å². The van der Waals surface area contributed by atoms with Gasteiger partial charge in [-0.25, -0.2) is 4.98 Å². The Bertz CT molecular complexity index is 1270. The predicted molar refractivity (Wildman–Crippen MR) is 117 cm³/mol. The molecule has 5 heteroatoms. The third-order valence-corrected chi connectivity index (χ3v) is 6.85. The summed E-state index contributed by atoms with van der Waals surface area (Å²) in [7, 11) is 0. The van der Waals surface area contributed by atoms with E-state index in [0.29, 0.717) is 27.6 Å². The maximum Gasteiger partial charge on any atom is 0.212 e. The van der Waals surface area contributed by atoms with E-state index < -0.39 is 0 Å². The molecule has 5 rings (SSSR count). The highest BCUT2D eigenvalue weighted by Gasteiger charge is 2.34. The van der Waals surface area contributed by atoms with E-state index in [-0.39, 0.29) is 5.78 Å². The van der Waals surface area contributed by atoms with Gasteiger partial charge < -0.3 is 0 Å². The van der Waals surface area contributed by atoms with Crippen molar-refractivity contribution in [2.45, 2.75) is 10.8 Å². The first-order valence-corrected chi connectivity index (χ1v) is 11.0. The first-order chi connectivity index (χ1) is 14.3. The number of benzene rings is 2. The first-order valence-electron chi connectivity index (χ1n) is 9.10. The van der Waals surface area contributed by atoms with E-state index in [1.807, 2.05) is 72.1 Å². The highest BCUT2D eigenvalue weighted by atomic mass is 32.2. The molecule has 0 bridgehead atoms. The van der Waals surface area contributed by atoms with Crippen molar-refractivity contribution in [1.82, 2.24) is 4.98 Å². The number of rotatable bonds is 4. The smallest absolute Gasteiger partial charge is 0.212 e. The molecule has 0 radical (unpaired) electrons. The number of aromatic nitrogens is 1. The molecule has 0 amide bonds. The molecule has 0 unspecified atom stereocenters. The zero-order valence-electron chi connectivity index (χ0n) is 15.3. The highest BCUT2D eigenvalue weighted by molar-refractivity contribution is 7.98. The van der Waals surface area contributed by atoms with Crippen LogP contribution in [0.15, 0.2) is 77.1 Å². The fourth-order valence-electron chi connectivity index (χ4n) is 3.62. The Morgan fingerprint density at radius 1 is 0.931 bits per heavy atom. The summed E-state index contributed by atoms with van der Waals surface area (Å²) in [5.41, 5.74) is 5.26. The predicted octanol–water partition coefficient (Wildman–Crippen LogP) is 6.19. The lowest BCUT2D eigenvalue weighted by atomic mass is 9.97. The number of nitrogens with zero attached hydrogens (tertiary/aromatic N) is 2. The summed E-state index contributed by atoms with van der Waals surface area (Å²) < 4.78 is 0. The summed E-state index contributed by atoms with van der Waals surface area (Å²) in [6, 6.07) is 24.0. The van der Waals surface area contributed by atoms with E-state index in [1.54, 1.807) is 11.3 Å². The van der Waals surface area contributed by atoms with Crippen LogP contribution in [0.5, 0.6) is 0 Å². The summed E-state index contributed by atoms with van der Waals surface area (Å²) in [4.78, 5) is 18.8.